The van der Waals surface area contributed by atoms with Gasteiger partial charge in [-0.25, -0.2) is 0 Å². The molecule has 102 valence electrons. The minimum atomic E-state index is 0.0115. The van der Waals surface area contributed by atoms with Gasteiger partial charge in [-0.3, -0.25) is 0 Å². The van der Waals surface area contributed by atoms with Gasteiger partial charge in [0.2, 0.25) is 0 Å². The first-order valence-electron chi connectivity index (χ1n) is 6.61. The Bertz CT molecular complexity index is 480. The monoisotopic (exact) mass is 278 g/mol. The number of thiocarbonyl (C=S) groups is 1. The lowest BCUT2D eigenvalue weighted by Gasteiger charge is -2.43. The lowest BCUT2D eigenvalue weighted by Crippen LogP contribution is -2.58. The summed E-state index contributed by atoms with van der Waals surface area (Å²) in [5.74, 6) is 1.27. The molecule has 3 rings (SSSR count). The number of methoxy groups -OCH3 is 1. The van der Waals surface area contributed by atoms with Crippen molar-refractivity contribution in [3.8, 4) is 5.75 Å². The minimum Gasteiger partial charge on any atom is -0.496 e. The zero-order valence-corrected chi connectivity index (χ0v) is 11.7. The summed E-state index contributed by atoms with van der Waals surface area (Å²) >= 11 is 5.29. The molecule has 0 bridgehead atoms. The largest absolute Gasteiger partial charge is 0.496 e. The van der Waals surface area contributed by atoms with Gasteiger partial charge in [0.1, 0.15) is 12.0 Å². The zero-order chi connectivity index (χ0) is 13.2. The summed E-state index contributed by atoms with van der Waals surface area (Å²) in [4.78, 5) is 0. The van der Waals surface area contributed by atoms with Crippen LogP contribution >= 0.6 is 12.2 Å². The third-order valence-electron chi connectivity index (χ3n) is 3.83. The highest BCUT2D eigenvalue weighted by Gasteiger charge is 2.39. The third kappa shape index (κ3) is 2.40. The molecule has 1 aromatic rings. The van der Waals surface area contributed by atoms with Crippen molar-refractivity contribution >= 4 is 17.3 Å². The molecule has 1 aromatic carbocycles. The zero-order valence-electron chi connectivity index (χ0n) is 10.9. The van der Waals surface area contributed by atoms with Crippen molar-refractivity contribution in [2.75, 3.05) is 13.7 Å². The maximum absolute atomic E-state index is 5.80. The Balaban J connectivity index is 1.94. The Morgan fingerprint density at radius 1 is 1.32 bits per heavy atom. The lowest BCUT2D eigenvalue weighted by atomic mass is 9.85. The van der Waals surface area contributed by atoms with Crippen LogP contribution < -0.4 is 15.4 Å². The molecular formula is C14H18N2O2S. The molecular weight excluding hydrogens is 260 g/mol. The highest BCUT2D eigenvalue weighted by atomic mass is 32.1. The second-order valence-corrected chi connectivity index (χ2v) is 5.34. The van der Waals surface area contributed by atoms with Crippen LogP contribution in [0, 0.1) is 5.92 Å². The van der Waals surface area contributed by atoms with Gasteiger partial charge in [-0.1, -0.05) is 18.2 Å². The van der Waals surface area contributed by atoms with Gasteiger partial charge < -0.3 is 20.1 Å². The van der Waals surface area contributed by atoms with Crippen molar-refractivity contribution in [3.05, 3.63) is 29.8 Å². The number of fused-ring (bicyclic) bond motifs is 1. The van der Waals surface area contributed by atoms with E-state index in [4.69, 9.17) is 21.7 Å². The van der Waals surface area contributed by atoms with Crippen molar-refractivity contribution in [1.82, 2.24) is 10.6 Å². The summed E-state index contributed by atoms with van der Waals surface area (Å²) in [5.41, 5.74) is 1.15. The number of rotatable bonds is 2. The first-order chi connectivity index (χ1) is 9.29. The Morgan fingerprint density at radius 3 is 3.00 bits per heavy atom. The van der Waals surface area contributed by atoms with Crippen molar-refractivity contribution in [3.63, 3.8) is 0 Å². The molecule has 2 saturated heterocycles. The van der Waals surface area contributed by atoms with Gasteiger partial charge in [-0.05, 0) is 31.1 Å². The van der Waals surface area contributed by atoms with Gasteiger partial charge in [0.25, 0.3) is 0 Å². The van der Waals surface area contributed by atoms with E-state index in [9.17, 15) is 0 Å². The Morgan fingerprint density at radius 2 is 2.16 bits per heavy atom. The normalized spacial score (nSPS) is 29.9. The van der Waals surface area contributed by atoms with Gasteiger partial charge in [-0.2, -0.15) is 0 Å². The second-order valence-electron chi connectivity index (χ2n) is 4.93. The molecule has 0 saturated carbocycles. The number of benzene rings is 1. The lowest BCUT2D eigenvalue weighted by molar-refractivity contribution is -0.0538. The Labute approximate surface area is 118 Å². The van der Waals surface area contributed by atoms with E-state index in [2.05, 4.69) is 16.7 Å². The minimum absolute atomic E-state index is 0.0115. The number of hydrogen-bond acceptors (Lipinski definition) is 3. The van der Waals surface area contributed by atoms with Crippen molar-refractivity contribution < 1.29 is 9.47 Å². The summed E-state index contributed by atoms with van der Waals surface area (Å²) in [6.07, 6.45) is 2.22. The van der Waals surface area contributed by atoms with E-state index in [-0.39, 0.29) is 12.3 Å². The van der Waals surface area contributed by atoms with Gasteiger partial charge in [0.15, 0.2) is 5.11 Å². The van der Waals surface area contributed by atoms with E-state index in [0.29, 0.717) is 11.0 Å². The fourth-order valence-electron chi connectivity index (χ4n) is 2.95. The molecule has 2 heterocycles. The van der Waals surface area contributed by atoms with Crippen molar-refractivity contribution in [1.29, 1.82) is 0 Å². The summed E-state index contributed by atoms with van der Waals surface area (Å²) in [6, 6.07) is 8.24. The van der Waals surface area contributed by atoms with E-state index in [1.807, 2.05) is 18.2 Å². The quantitative estimate of drug-likeness (QED) is 0.810. The maximum Gasteiger partial charge on any atom is 0.168 e. The van der Waals surface area contributed by atoms with Gasteiger partial charge in [0, 0.05) is 18.1 Å². The molecule has 0 aliphatic carbocycles. The predicted octanol–water partition coefficient (Wildman–Crippen LogP) is 1.97. The van der Waals surface area contributed by atoms with Crippen LogP contribution in [0.25, 0.3) is 0 Å². The molecule has 0 amide bonds. The van der Waals surface area contributed by atoms with Gasteiger partial charge in [-0.15, -0.1) is 0 Å². The molecule has 2 aliphatic heterocycles. The van der Waals surface area contributed by atoms with E-state index in [1.54, 1.807) is 7.11 Å². The Hall–Kier alpha value is -1.33. The van der Waals surface area contributed by atoms with Crippen LogP contribution in [0.2, 0.25) is 0 Å². The molecule has 2 aliphatic rings. The fourth-order valence-corrected chi connectivity index (χ4v) is 3.19. The predicted molar refractivity (Wildman–Crippen MR) is 77.1 cm³/mol. The van der Waals surface area contributed by atoms with Crippen molar-refractivity contribution in [2.45, 2.75) is 25.1 Å². The summed E-state index contributed by atoms with van der Waals surface area (Å²) in [7, 11) is 1.70. The molecule has 3 atom stereocenters. The highest BCUT2D eigenvalue weighted by molar-refractivity contribution is 7.80. The average molecular weight is 278 g/mol. The maximum atomic E-state index is 5.80. The standard InChI is InChI=1S/C14H18N2O2S/c1-17-11-7-3-2-5-9(11)12-10-6-4-8-18-13(10)16-14(19)15-12/h2-3,5,7,10,12-13H,4,6,8H2,1H3,(H2,15,16,19)/t10-,12-,13-/m0/s1. The SMILES string of the molecule is COc1ccccc1[C@@H]1NC(=S)N[C@H]2OCCC[C@H]21. The van der Waals surface area contributed by atoms with Crippen LogP contribution in [0.3, 0.4) is 0 Å². The number of para-hydroxylation sites is 1. The molecule has 2 N–H and O–H groups in total. The van der Waals surface area contributed by atoms with Gasteiger partial charge >= 0.3 is 0 Å². The fraction of sp³-hybridized carbons (Fsp3) is 0.500. The number of hydrogen-bond donors (Lipinski definition) is 2. The van der Waals surface area contributed by atoms with Crippen LogP contribution in [0.4, 0.5) is 0 Å². The molecule has 4 nitrogen and oxygen atoms in total. The van der Waals surface area contributed by atoms with Crippen LogP contribution in [-0.4, -0.2) is 25.1 Å². The van der Waals surface area contributed by atoms with E-state index < -0.39 is 0 Å². The molecule has 19 heavy (non-hydrogen) atoms. The van der Waals surface area contributed by atoms with Crippen LogP contribution in [0.15, 0.2) is 24.3 Å². The summed E-state index contributed by atoms with van der Waals surface area (Å²) in [5, 5.41) is 7.23. The summed E-state index contributed by atoms with van der Waals surface area (Å²) < 4.78 is 11.3. The molecule has 0 unspecified atom stereocenters. The summed E-state index contributed by atoms with van der Waals surface area (Å²) in [6.45, 7) is 0.801. The van der Waals surface area contributed by atoms with Crippen LogP contribution in [0.1, 0.15) is 24.4 Å². The smallest absolute Gasteiger partial charge is 0.168 e. The second kappa shape index (κ2) is 5.35. The van der Waals surface area contributed by atoms with E-state index in [0.717, 1.165) is 30.8 Å². The molecule has 0 aromatic heterocycles. The third-order valence-corrected chi connectivity index (χ3v) is 4.07. The Kier molecular flexibility index (Phi) is 3.57. The molecule has 2 fully saturated rings. The van der Waals surface area contributed by atoms with Gasteiger partial charge in [0.05, 0.1) is 13.2 Å². The first kappa shape index (κ1) is 12.7. The van der Waals surface area contributed by atoms with Crippen molar-refractivity contribution in [2.24, 2.45) is 5.92 Å². The molecule has 0 spiro atoms. The van der Waals surface area contributed by atoms with Crippen LogP contribution in [0.5, 0.6) is 5.75 Å². The molecule has 5 heteroatoms. The molecule has 0 radical (unpaired) electrons. The van der Waals surface area contributed by atoms with Crippen LogP contribution in [-0.2, 0) is 4.74 Å². The highest BCUT2D eigenvalue weighted by Crippen LogP contribution is 2.37. The van der Waals surface area contributed by atoms with E-state index >= 15 is 0 Å². The topological polar surface area (TPSA) is 42.5 Å². The number of ether oxygens (including phenoxy) is 2. The average Bonchev–Trinajstić information content (AvgIpc) is 2.46. The first-order valence-corrected chi connectivity index (χ1v) is 7.02. The van der Waals surface area contributed by atoms with E-state index in [1.165, 1.54) is 0 Å². The number of nitrogens with one attached hydrogen (secondary N) is 2.